The van der Waals surface area contributed by atoms with Gasteiger partial charge in [0.25, 0.3) is 0 Å². The van der Waals surface area contributed by atoms with Crippen LogP contribution in [0.3, 0.4) is 0 Å². The number of pyridine rings is 1. The molecule has 1 heterocycles. The first-order valence-corrected chi connectivity index (χ1v) is 6.09. The minimum Gasteiger partial charge on any atom is -0.453 e. The summed E-state index contributed by atoms with van der Waals surface area (Å²) < 4.78 is 19.2. The van der Waals surface area contributed by atoms with Gasteiger partial charge < -0.3 is 4.74 Å². The van der Waals surface area contributed by atoms with Crippen LogP contribution in [-0.4, -0.2) is 4.98 Å². The van der Waals surface area contributed by atoms with E-state index in [0.29, 0.717) is 16.4 Å². The molecular weight excluding hydrogens is 265 g/mol. The van der Waals surface area contributed by atoms with Crippen molar-refractivity contribution in [3.8, 4) is 11.5 Å². The maximum atomic E-state index is 13.6. The zero-order chi connectivity index (χ0) is 13.2. The Morgan fingerprint density at radius 1 is 0.947 bits per heavy atom. The minimum absolute atomic E-state index is 0.162. The number of fused-ring (bicyclic) bond motifs is 1. The molecule has 0 amide bonds. The second kappa shape index (κ2) is 4.86. The summed E-state index contributed by atoms with van der Waals surface area (Å²) in [6, 6.07) is 15.2. The van der Waals surface area contributed by atoms with E-state index >= 15 is 0 Å². The average Bonchev–Trinajstić information content (AvgIpc) is 2.41. The van der Waals surface area contributed by atoms with E-state index in [9.17, 15) is 4.39 Å². The van der Waals surface area contributed by atoms with Gasteiger partial charge in [-0.15, -0.1) is 0 Å². The third-order valence-electron chi connectivity index (χ3n) is 2.70. The van der Waals surface area contributed by atoms with Gasteiger partial charge >= 0.3 is 0 Å². The molecule has 3 rings (SSSR count). The number of hydrogen-bond acceptors (Lipinski definition) is 2. The monoisotopic (exact) mass is 273 g/mol. The van der Waals surface area contributed by atoms with Gasteiger partial charge in [-0.2, -0.15) is 0 Å². The number of halogens is 2. The number of hydrogen-bond donors (Lipinski definition) is 0. The predicted octanol–water partition coefficient (Wildman–Crippen LogP) is 4.82. The second-order valence-electron chi connectivity index (χ2n) is 3.99. The third kappa shape index (κ3) is 2.37. The smallest absolute Gasteiger partial charge is 0.165 e. The van der Waals surface area contributed by atoms with Gasteiger partial charge in [0.2, 0.25) is 0 Å². The van der Waals surface area contributed by atoms with Crippen molar-refractivity contribution in [3.05, 3.63) is 65.6 Å². The van der Waals surface area contributed by atoms with Crippen molar-refractivity contribution in [2.75, 3.05) is 0 Å². The van der Waals surface area contributed by atoms with E-state index in [-0.39, 0.29) is 5.75 Å². The van der Waals surface area contributed by atoms with Crippen LogP contribution in [-0.2, 0) is 0 Å². The van der Waals surface area contributed by atoms with E-state index in [1.165, 1.54) is 6.07 Å². The average molecular weight is 274 g/mol. The van der Waals surface area contributed by atoms with Crippen molar-refractivity contribution in [2.45, 2.75) is 0 Å². The van der Waals surface area contributed by atoms with E-state index in [0.717, 1.165) is 5.39 Å². The zero-order valence-electron chi connectivity index (χ0n) is 9.81. The highest BCUT2D eigenvalue weighted by Gasteiger charge is 2.09. The number of aromatic nitrogens is 1. The molecule has 0 radical (unpaired) electrons. The molecule has 2 nitrogen and oxygen atoms in total. The molecule has 0 saturated heterocycles. The van der Waals surface area contributed by atoms with E-state index in [4.69, 9.17) is 16.3 Å². The molecule has 3 aromatic rings. The molecule has 2 aromatic carbocycles. The van der Waals surface area contributed by atoms with Crippen LogP contribution in [0.2, 0.25) is 5.15 Å². The lowest BCUT2D eigenvalue weighted by atomic mass is 10.2. The van der Waals surface area contributed by atoms with Gasteiger partial charge in [-0.05, 0) is 24.3 Å². The van der Waals surface area contributed by atoms with Crippen LogP contribution in [0, 0.1) is 5.82 Å². The van der Waals surface area contributed by atoms with Crippen LogP contribution in [0.5, 0.6) is 11.5 Å². The van der Waals surface area contributed by atoms with Crippen molar-refractivity contribution in [1.29, 1.82) is 0 Å². The molecule has 19 heavy (non-hydrogen) atoms. The molecule has 0 N–H and O–H groups in total. The van der Waals surface area contributed by atoms with Crippen molar-refractivity contribution >= 4 is 22.5 Å². The fourth-order valence-corrected chi connectivity index (χ4v) is 2.03. The fraction of sp³-hybridized carbons (Fsp3) is 0. The minimum atomic E-state index is -0.417. The van der Waals surface area contributed by atoms with Crippen LogP contribution in [0.15, 0.2) is 54.6 Å². The Morgan fingerprint density at radius 3 is 2.53 bits per heavy atom. The van der Waals surface area contributed by atoms with Crippen molar-refractivity contribution in [2.24, 2.45) is 0 Å². The first-order valence-electron chi connectivity index (χ1n) is 5.72. The van der Waals surface area contributed by atoms with Gasteiger partial charge in [-0.25, -0.2) is 9.37 Å². The van der Waals surface area contributed by atoms with Gasteiger partial charge in [-0.1, -0.05) is 35.9 Å². The summed E-state index contributed by atoms with van der Waals surface area (Å²) in [4.78, 5) is 4.19. The van der Waals surface area contributed by atoms with Gasteiger partial charge in [0.15, 0.2) is 11.6 Å². The summed E-state index contributed by atoms with van der Waals surface area (Å²) >= 11 is 5.94. The predicted molar refractivity (Wildman–Crippen MR) is 73.2 cm³/mol. The number of ether oxygens (including phenoxy) is 1. The Bertz CT molecular complexity index is 745. The fourth-order valence-electron chi connectivity index (χ4n) is 1.84. The lowest BCUT2D eigenvalue weighted by Gasteiger charge is -2.09. The highest BCUT2D eigenvalue weighted by molar-refractivity contribution is 6.30. The molecule has 0 saturated carbocycles. The molecular formula is C15H9ClFNO. The van der Waals surface area contributed by atoms with E-state index in [1.807, 2.05) is 24.3 Å². The summed E-state index contributed by atoms with van der Waals surface area (Å²) in [5, 5.41) is 1.10. The van der Waals surface area contributed by atoms with Crippen molar-refractivity contribution in [1.82, 2.24) is 4.98 Å². The van der Waals surface area contributed by atoms with Crippen LogP contribution in [0.4, 0.5) is 4.39 Å². The van der Waals surface area contributed by atoms with Gasteiger partial charge in [0, 0.05) is 11.5 Å². The van der Waals surface area contributed by atoms with E-state index in [2.05, 4.69) is 4.98 Å². The molecule has 0 aliphatic heterocycles. The molecule has 1 aromatic heterocycles. The summed E-state index contributed by atoms with van der Waals surface area (Å²) in [5.74, 6) is 0.232. The normalized spacial score (nSPS) is 10.6. The molecule has 0 aliphatic rings. The van der Waals surface area contributed by atoms with Gasteiger partial charge in [0.05, 0.1) is 5.52 Å². The Kier molecular flexibility index (Phi) is 3.05. The maximum Gasteiger partial charge on any atom is 0.165 e. The first kappa shape index (κ1) is 11.9. The van der Waals surface area contributed by atoms with Crippen LogP contribution >= 0.6 is 11.6 Å². The Labute approximate surface area is 114 Å². The van der Waals surface area contributed by atoms with Gasteiger partial charge in [-0.3, -0.25) is 0 Å². The standard InChI is InChI=1S/C15H9ClFNO/c16-15-9-14(10-5-1-3-7-12(10)18-15)19-13-8-4-2-6-11(13)17/h1-9H. The lowest BCUT2D eigenvalue weighted by molar-refractivity contribution is 0.446. The van der Waals surface area contributed by atoms with Crippen molar-refractivity contribution < 1.29 is 9.13 Å². The van der Waals surface area contributed by atoms with Crippen LogP contribution in [0.25, 0.3) is 10.9 Å². The molecule has 0 fully saturated rings. The zero-order valence-corrected chi connectivity index (χ0v) is 10.6. The SMILES string of the molecule is Fc1ccccc1Oc1cc(Cl)nc2ccccc12. The molecule has 0 bridgehead atoms. The summed E-state index contributed by atoms with van der Waals surface area (Å²) in [6.07, 6.45) is 0. The van der Waals surface area contributed by atoms with Gasteiger partial charge in [0.1, 0.15) is 10.9 Å². The molecule has 0 unspecified atom stereocenters. The highest BCUT2D eigenvalue weighted by atomic mass is 35.5. The summed E-state index contributed by atoms with van der Waals surface area (Å²) in [5.41, 5.74) is 0.710. The Morgan fingerprint density at radius 2 is 1.68 bits per heavy atom. The number of benzene rings is 2. The van der Waals surface area contributed by atoms with E-state index < -0.39 is 5.82 Å². The Hall–Kier alpha value is -2.13. The largest absolute Gasteiger partial charge is 0.453 e. The summed E-state index contributed by atoms with van der Waals surface area (Å²) in [7, 11) is 0. The topological polar surface area (TPSA) is 22.1 Å². The Balaban J connectivity index is 2.13. The molecule has 0 atom stereocenters. The number of rotatable bonds is 2. The van der Waals surface area contributed by atoms with E-state index in [1.54, 1.807) is 24.3 Å². The quantitative estimate of drug-likeness (QED) is 0.625. The molecule has 4 heteroatoms. The maximum absolute atomic E-state index is 13.6. The lowest BCUT2D eigenvalue weighted by Crippen LogP contribution is -1.90. The number of nitrogens with zero attached hydrogens (tertiary/aromatic N) is 1. The van der Waals surface area contributed by atoms with Crippen molar-refractivity contribution in [3.63, 3.8) is 0 Å². The highest BCUT2D eigenvalue weighted by Crippen LogP contribution is 2.32. The number of para-hydroxylation sites is 2. The third-order valence-corrected chi connectivity index (χ3v) is 2.90. The first-order chi connectivity index (χ1) is 9.24. The second-order valence-corrected chi connectivity index (χ2v) is 4.38. The molecule has 0 aliphatic carbocycles. The van der Waals surface area contributed by atoms with Crippen LogP contribution in [0.1, 0.15) is 0 Å². The molecule has 0 spiro atoms. The molecule has 94 valence electrons. The summed E-state index contributed by atoms with van der Waals surface area (Å²) in [6.45, 7) is 0. The van der Waals surface area contributed by atoms with Crippen LogP contribution < -0.4 is 4.74 Å².